The van der Waals surface area contributed by atoms with E-state index >= 15 is 0 Å². The molecule has 3 amide bonds. The van der Waals surface area contributed by atoms with Crippen LogP contribution < -0.4 is 10.2 Å². The lowest BCUT2D eigenvalue weighted by atomic mass is 10.2. The fraction of sp³-hybridized carbons (Fsp3) is 0.588. The molecule has 0 bridgehead atoms. The number of urea groups is 1. The van der Waals surface area contributed by atoms with Crippen molar-refractivity contribution in [2.45, 2.75) is 13.0 Å². The molecule has 8 heteroatoms. The van der Waals surface area contributed by atoms with Gasteiger partial charge >= 0.3 is 6.03 Å². The maximum absolute atomic E-state index is 12.4. The highest BCUT2D eigenvalue weighted by atomic mass is 32.2. The van der Waals surface area contributed by atoms with E-state index in [1.54, 1.807) is 18.0 Å². The van der Waals surface area contributed by atoms with Gasteiger partial charge in [-0.15, -0.1) is 0 Å². The summed E-state index contributed by atoms with van der Waals surface area (Å²) in [4.78, 5) is 35.0. The summed E-state index contributed by atoms with van der Waals surface area (Å²) in [5.74, 6) is 2.90. The van der Waals surface area contributed by atoms with Gasteiger partial charge in [-0.3, -0.25) is 4.79 Å². The van der Waals surface area contributed by atoms with Crippen LogP contribution in [0.25, 0.3) is 0 Å². The largest absolute Gasteiger partial charge is 0.353 e. The van der Waals surface area contributed by atoms with Gasteiger partial charge in [0.25, 0.3) is 0 Å². The number of nitrogens with one attached hydrogen (secondary N) is 1. The normalized spacial score (nSPS) is 19.5. The van der Waals surface area contributed by atoms with Gasteiger partial charge < -0.3 is 20.0 Å². The van der Waals surface area contributed by atoms with Crippen molar-refractivity contribution in [1.29, 1.82) is 0 Å². The molecule has 25 heavy (non-hydrogen) atoms. The number of piperazine rings is 1. The molecule has 1 unspecified atom stereocenters. The quantitative estimate of drug-likeness (QED) is 0.863. The van der Waals surface area contributed by atoms with Crippen molar-refractivity contribution in [1.82, 2.24) is 20.1 Å². The monoisotopic (exact) mass is 363 g/mol. The maximum atomic E-state index is 12.4. The molecule has 2 aliphatic rings. The van der Waals surface area contributed by atoms with E-state index in [-0.39, 0.29) is 11.9 Å². The predicted molar refractivity (Wildman–Crippen MR) is 99.9 cm³/mol. The van der Waals surface area contributed by atoms with Gasteiger partial charge in [0.15, 0.2) is 0 Å². The fourth-order valence-electron chi connectivity index (χ4n) is 3.08. The Morgan fingerprint density at radius 1 is 1.08 bits per heavy atom. The Morgan fingerprint density at radius 2 is 1.80 bits per heavy atom. The first-order valence-corrected chi connectivity index (χ1v) is 9.88. The van der Waals surface area contributed by atoms with Crippen molar-refractivity contribution >= 4 is 29.5 Å². The summed E-state index contributed by atoms with van der Waals surface area (Å²) in [6.07, 6.45) is 1.78. The molecule has 1 aromatic rings. The van der Waals surface area contributed by atoms with E-state index in [0.717, 1.165) is 43.5 Å². The van der Waals surface area contributed by atoms with Gasteiger partial charge in [-0.05, 0) is 19.1 Å². The van der Waals surface area contributed by atoms with E-state index in [1.807, 2.05) is 34.9 Å². The van der Waals surface area contributed by atoms with Crippen LogP contribution in [0.15, 0.2) is 24.4 Å². The van der Waals surface area contributed by atoms with Gasteiger partial charge in [0.2, 0.25) is 5.91 Å². The van der Waals surface area contributed by atoms with E-state index in [1.165, 1.54) is 0 Å². The SMILES string of the molecule is CC(NC(=O)N1CCN(c2ccccn2)CC1)C(=O)N1CCSCC1. The summed E-state index contributed by atoms with van der Waals surface area (Å²) in [7, 11) is 0. The van der Waals surface area contributed by atoms with Crippen LogP contribution in [-0.4, -0.2) is 83.5 Å². The van der Waals surface area contributed by atoms with Gasteiger partial charge in [-0.2, -0.15) is 11.8 Å². The third-order valence-corrected chi connectivity index (χ3v) is 5.52. The van der Waals surface area contributed by atoms with Crippen molar-refractivity contribution in [2.75, 3.05) is 55.7 Å². The molecule has 7 nitrogen and oxygen atoms in total. The summed E-state index contributed by atoms with van der Waals surface area (Å²) in [6.45, 7) is 6.06. The molecule has 3 heterocycles. The highest BCUT2D eigenvalue weighted by molar-refractivity contribution is 7.99. The highest BCUT2D eigenvalue weighted by Crippen LogP contribution is 2.13. The van der Waals surface area contributed by atoms with Crippen LogP contribution in [0.2, 0.25) is 0 Å². The number of carbonyl (C=O) groups is 2. The first kappa shape index (κ1) is 17.8. The molecule has 0 saturated carbocycles. The molecule has 2 fully saturated rings. The molecule has 2 saturated heterocycles. The lowest BCUT2D eigenvalue weighted by Gasteiger charge is -2.36. The number of amides is 3. The van der Waals surface area contributed by atoms with Gasteiger partial charge in [0.05, 0.1) is 0 Å². The molecule has 136 valence electrons. The Kier molecular flexibility index (Phi) is 6.01. The number of pyridine rings is 1. The molecule has 2 aliphatic heterocycles. The zero-order chi connectivity index (χ0) is 17.6. The minimum atomic E-state index is -0.482. The number of nitrogens with zero attached hydrogens (tertiary/aromatic N) is 4. The summed E-state index contributed by atoms with van der Waals surface area (Å²) < 4.78 is 0. The maximum Gasteiger partial charge on any atom is 0.318 e. The van der Waals surface area contributed by atoms with Crippen LogP contribution in [0, 0.1) is 0 Å². The Labute approximate surface area is 152 Å². The van der Waals surface area contributed by atoms with E-state index in [9.17, 15) is 9.59 Å². The average molecular weight is 363 g/mol. The molecule has 0 aromatic carbocycles. The number of thioether (sulfide) groups is 1. The average Bonchev–Trinajstić information content (AvgIpc) is 2.68. The molecule has 1 atom stereocenters. The number of rotatable bonds is 3. The number of aromatic nitrogens is 1. The second kappa shape index (κ2) is 8.42. The Morgan fingerprint density at radius 3 is 2.44 bits per heavy atom. The third-order valence-electron chi connectivity index (χ3n) is 4.57. The minimum Gasteiger partial charge on any atom is -0.353 e. The Hall–Kier alpha value is -1.96. The topological polar surface area (TPSA) is 68.8 Å². The van der Waals surface area contributed by atoms with Crippen LogP contribution in [0.1, 0.15) is 6.92 Å². The zero-order valence-electron chi connectivity index (χ0n) is 14.6. The molecule has 0 aliphatic carbocycles. The summed E-state index contributed by atoms with van der Waals surface area (Å²) >= 11 is 1.86. The molecule has 1 N–H and O–H groups in total. The highest BCUT2D eigenvalue weighted by Gasteiger charge is 2.27. The first-order chi connectivity index (χ1) is 12.1. The van der Waals surface area contributed by atoms with E-state index in [2.05, 4.69) is 15.2 Å². The molecule has 1 aromatic heterocycles. The lowest BCUT2D eigenvalue weighted by Crippen LogP contribution is -2.56. The minimum absolute atomic E-state index is 0.0146. The van der Waals surface area contributed by atoms with Gasteiger partial charge in [0.1, 0.15) is 11.9 Å². The van der Waals surface area contributed by atoms with Crippen LogP contribution >= 0.6 is 11.8 Å². The van der Waals surface area contributed by atoms with Crippen molar-refractivity contribution < 1.29 is 9.59 Å². The van der Waals surface area contributed by atoms with E-state index in [0.29, 0.717) is 13.1 Å². The number of hydrogen-bond acceptors (Lipinski definition) is 5. The van der Waals surface area contributed by atoms with Crippen molar-refractivity contribution in [2.24, 2.45) is 0 Å². The Balaban J connectivity index is 1.46. The molecular formula is C17H25N5O2S. The van der Waals surface area contributed by atoms with Gasteiger partial charge in [-0.1, -0.05) is 6.07 Å². The van der Waals surface area contributed by atoms with Crippen LogP contribution in [0.3, 0.4) is 0 Å². The predicted octanol–water partition coefficient (Wildman–Crippen LogP) is 0.877. The standard InChI is InChI=1S/C17H25N5O2S/c1-14(16(23)21-10-12-25-13-11-21)19-17(24)22-8-6-20(7-9-22)15-4-2-3-5-18-15/h2-5,14H,6-13H2,1H3,(H,19,24). The number of anilines is 1. The zero-order valence-corrected chi connectivity index (χ0v) is 15.4. The smallest absolute Gasteiger partial charge is 0.318 e. The summed E-state index contributed by atoms with van der Waals surface area (Å²) in [6, 6.07) is 5.20. The van der Waals surface area contributed by atoms with Crippen molar-refractivity contribution in [3.63, 3.8) is 0 Å². The van der Waals surface area contributed by atoms with E-state index in [4.69, 9.17) is 0 Å². The third kappa shape index (κ3) is 4.56. The fourth-order valence-corrected chi connectivity index (χ4v) is 3.98. The molecule has 0 spiro atoms. The molecule has 3 rings (SSSR count). The molecular weight excluding hydrogens is 338 g/mol. The van der Waals surface area contributed by atoms with Crippen LogP contribution in [-0.2, 0) is 4.79 Å². The number of carbonyl (C=O) groups excluding carboxylic acids is 2. The van der Waals surface area contributed by atoms with E-state index < -0.39 is 6.04 Å². The first-order valence-electron chi connectivity index (χ1n) is 8.73. The lowest BCUT2D eigenvalue weighted by molar-refractivity contribution is -0.132. The van der Waals surface area contributed by atoms with Crippen molar-refractivity contribution in [3.8, 4) is 0 Å². The van der Waals surface area contributed by atoms with Gasteiger partial charge in [0, 0.05) is 57.0 Å². The summed E-state index contributed by atoms with van der Waals surface area (Å²) in [5.41, 5.74) is 0. The second-order valence-electron chi connectivity index (χ2n) is 6.27. The van der Waals surface area contributed by atoms with Crippen LogP contribution in [0.5, 0.6) is 0 Å². The van der Waals surface area contributed by atoms with Gasteiger partial charge in [-0.25, -0.2) is 9.78 Å². The van der Waals surface area contributed by atoms with Crippen molar-refractivity contribution in [3.05, 3.63) is 24.4 Å². The number of hydrogen-bond donors (Lipinski definition) is 1. The molecule has 0 radical (unpaired) electrons. The summed E-state index contributed by atoms with van der Waals surface area (Å²) in [5, 5.41) is 2.86. The Bertz CT molecular complexity index is 586. The second-order valence-corrected chi connectivity index (χ2v) is 7.50. The van der Waals surface area contributed by atoms with Crippen LogP contribution in [0.4, 0.5) is 10.6 Å².